The Kier molecular flexibility index (Phi) is 3.78. The lowest BCUT2D eigenvalue weighted by atomic mass is 9.82. The van der Waals surface area contributed by atoms with Gasteiger partial charge in [-0.1, -0.05) is 0 Å². The van der Waals surface area contributed by atoms with E-state index in [0.717, 1.165) is 12.8 Å². The van der Waals surface area contributed by atoms with E-state index in [1.165, 1.54) is 0 Å². The number of nitrogens with two attached hydrogens (primary N) is 1. The Hall–Kier alpha value is -1.66. The van der Waals surface area contributed by atoms with E-state index >= 15 is 0 Å². The number of nitrogens with zero attached hydrogens (tertiary/aromatic N) is 2. The van der Waals surface area contributed by atoms with Gasteiger partial charge in [-0.05, 0) is 30.9 Å². The maximum atomic E-state index is 12.1. The fourth-order valence-corrected chi connectivity index (χ4v) is 2.18. The van der Waals surface area contributed by atoms with Crippen LogP contribution in [0.3, 0.4) is 0 Å². The van der Waals surface area contributed by atoms with Gasteiger partial charge in [0, 0.05) is 25.4 Å². The van der Waals surface area contributed by atoms with Crippen LogP contribution in [0.1, 0.15) is 23.2 Å². The number of hydrazine groups is 1. The summed E-state index contributed by atoms with van der Waals surface area (Å²) in [7, 11) is 1.77. The first-order valence-electron chi connectivity index (χ1n) is 5.96. The quantitative estimate of drug-likeness (QED) is 0.525. The zero-order valence-electron chi connectivity index (χ0n) is 10.3. The van der Waals surface area contributed by atoms with Crippen LogP contribution in [-0.4, -0.2) is 40.6 Å². The highest BCUT2D eigenvalue weighted by Crippen LogP contribution is 2.27. The molecule has 18 heavy (non-hydrogen) atoms. The van der Waals surface area contributed by atoms with Crippen LogP contribution >= 0.6 is 0 Å². The van der Waals surface area contributed by atoms with Crippen LogP contribution in [0.2, 0.25) is 0 Å². The van der Waals surface area contributed by atoms with Crippen LogP contribution in [-0.2, 0) is 0 Å². The minimum Gasteiger partial charge on any atom is -0.393 e. The van der Waals surface area contributed by atoms with Crippen molar-refractivity contribution >= 4 is 11.7 Å². The minimum atomic E-state index is -0.188. The number of carbonyl (C=O) groups excluding carboxylic acids is 1. The Balaban J connectivity index is 1.96. The molecule has 0 unspecified atom stereocenters. The maximum Gasteiger partial charge on any atom is 0.253 e. The Morgan fingerprint density at radius 2 is 2.39 bits per heavy atom. The molecule has 1 saturated carbocycles. The van der Waals surface area contributed by atoms with Gasteiger partial charge in [0.25, 0.3) is 5.91 Å². The van der Waals surface area contributed by atoms with Crippen LogP contribution in [0.15, 0.2) is 18.3 Å². The lowest BCUT2D eigenvalue weighted by Gasteiger charge is -2.34. The number of aliphatic hydroxyl groups excluding tert-OH is 1. The van der Waals surface area contributed by atoms with Crippen molar-refractivity contribution in [3.8, 4) is 0 Å². The number of aromatic nitrogens is 1. The molecule has 1 aliphatic carbocycles. The Morgan fingerprint density at radius 3 is 3.00 bits per heavy atom. The summed E-state index contributed by atoms with van der Waals surface area (Å²) in [5.41, 5.74) is 2.97. The summed E-state index contributed by atoms with van der Waals surface area (Å²) in [5.74, 6) is 6.07. The van der Waals surface area contributed by atoms with Gasteiger partial charge in [-0.15, -0.1) is 0 Å². The lowest BCUT2D eigenvalue weighted by Crippen LogP contribution is -2.39. The first-order valence-corrected chi connectivity index (χ1v) is 5.96. The number of aliphatic hydroxyl groups is 1. The first-order chi connectivity index (χ1) is 8.60. The van der Waals surface area contributed by atoms with Gasteiger partial charge >= 0.3 is 0 Å². The van der Waals surface area contributed by atoms with Crippen molar-refractivity contribution < 1.29 is 9.90 Å². The number of anilines is 1. The second-order valence-corrected chi connectivity index (χ2v) is 4.75. The highest BCUT2D eigenvalue weighted by Gasteiger charge is 2.29. The molecular weight excluding hydrogens is 232 g/mol. The fourth-order valence-electron chi connectivity index (χ4n) is 2.18. The van der Waals surface area contributed by atoms with E-state index in [9.17, 15) is 9.90 Å². The van der Waals surface area contributed by atoms with E-state index in [0.29, 0.717) is 23.8 Å². The number of nitrogens with one attached hydrogen (secondary N) is 1. The van der Waals surface area contributed by atoms with Crippen LogP contribution in [0.5, 0.6) is 0 Å². The molecule has 6 heteroatoms. The molecule has 0 aliphatic heterocycles. The SMILES string of the molecule is CN(CC1CC(O)C1)C(=O)c1ccnc(NN)c1. The molecule has 1 aromatic rings. The van der Waals surface area contributed by atoms with Gasteiger partial charge in [-0.25, -0.2) is 10.8 Å². The molecule has 0 saturated heterocycles. The number of carbonyl (C=O) groups is 1. The molecule has 1 amide bonds. The van der Waals surface area contributed by atoms with E-state index in [2.05, 4.69) is 10.4 Å². The predicted molar refractivity (Wildman–Crippen MR) is 67.7 cm³/mol. The fraction of sp³-hybridized carbons (Fsp3) is 0.500. The number of pyridine rings is 1. The van der Waals surface area contributed by atoms with E-state index < -0.39 is 0 Å². The number of rotatable bonds is 4. The van der Waals surface area contributed by atoms with E-state index in [4.69, 9.17) is 5.84 Å². The van der Waals surface area contributed by atoms with Crippen molar-refractivity contribution in [2.45, 2.75) is 18.9 Å². The van der Waals surface area contributed by atoms with Gasteiger partial charge in [0.1, 0.15) is 5.82 Å². The van der Waals surface area contributed by atoms with Crippen molar-refractivity contribution in [1.29, 1.82) is 0 Å². The molecule has 98 valence electrons. The number of nitrogen functional groups attached to an aromatic ring is 1. The monoisotopic (exact) mass is 250 g/mol. The molecule has 1 aromatic heterocycles. The van der Waals surface area contributed by atoms with Gasteiger partial charge in [0.15, 0.2) is 0 Å². The summed E-state index contributed by atoms with van der Waals surface area (Å²) < 4.78 is 0. The van der Waals surface area contributed by atoms with Gasteiger partial charge < -0.3 is 15.4 Å². The van der Waals surface area contributed by atoms with E-state index in [-0.39, 0.29) is 12.0 Å². The zero-order chi connectivity index (χ0) is 13.1. The second-order valence-electron chi connectivity index (χ2n) is 4.75. The van der Waals surface area contributed by atoms with Gasteiger partial charge in [0.2, 0.25) is 0 Å². The third-order valence-electron chi connectivity index (χ3n) is 3.24. The average Bonchev–Trinajstić information content (AvgIpc) is 2.36. The topological polar surface area (TPSA) is 91.5 Å². The summed E-state index contributed by atoms with van der Waals surface area (Å²) in [6, 6.07) is 3.28. The van der Waals surface area contributed by atoms with E-state index in [1.807, 2.05) is 0 Å². The molecule has 0 radical (unpaired) electrons. The van der Waals surface area contributed by atoms with Gasteiger partial charge in [-0.3, -0.25) is 4.79 Å². The number of hydrogen-bond acceptors (Lipinski definition) is 5. The predicted octanol–water partition coefficient (Wildman–Crippen LogP) is 0.210. The molecule has 6 nitrogen and oxygen atoms in total. The van der Waals surface area contributed by atoms with Gasteiger partial charge in [-0.2, -0.15) is 0 Å². The standard InChI is InChI=1S/C12H18N4O2/c1-16(7-8-4-10(17)5-8)12(18)9-2-3-14-11(6-9)15-13/h2-3,6,8,10,17H,4-5,7,13H2,1H3,(H,14,15). The summed E-state index contributed by atoms with van der Waals surface area (Å²) in [6.07, 6.45) is 2.92. The Morgan fingerprint density at radius 1 is 1.67 bits per heavy atom. The van der Waals surface area contributed by atoms with Crippen molar-refractivity contribution in [1.82, 2.24) is 9.88 Å². The summed E-state index contributed by atoms with van der Waals surface area (Å²) in [5, 5.41) is 9.22. The van der Waals surface area contributed by atoms with E-state index in [1.54, 1.807) is 30.3 Å². The highest BCUT2D eigenvalue weighted by atomic mass is 16.3. The number of amides is 1. The summed E-state index contributed by atoms with van der Waals surface area (Å²) in [6.45, 7) is 0.670. The van der Waals surface area contributed by atoms with Crippen molar-refractivity contribution in [2.24, 2.45) is 11.8 Å². The van der Waals surface area contributed by atoms with Crippen molar-refractivity contribution in [2.75, 3.05) is 19.0 Å². The molecule has 0 aromatic carbocycles. The smallest absolute Gasteiger partial charge is 0.253 e. The molecule has 0 spiro atoms. The lowest BCUT2D eigenvalue weighted by molar-refractivity contribution is 0.0265. The summed E-state index contributed by atoms with van der Waals surface area (Å²) in [4.78, 5) is 17.8. The molecule has 0 bridgehead atoms. The van der Waals surface area contributed by atoms with Crippen LogP contribution in [0, 0.1) is 5.92 Å². The Bertz CT molecular complexity index is 432. The first kappa shape index (κ1) is 12.8. The number of hydrogen-bond donors (Lipinski definition) is 3. The zero-order valence-corrected chi connectivity index (χ0v) is 10.3. The minimum absolute atomic E-state index is 0.0599. The molecule has 4 N–H and O–H groups in total. The maximum absolute atomic E-state index is 12.1. The Labute approximate surface area is 106 Å². The molecular formula is C12H18N4O2. The normalized spacial score (nSPS) is 22.2. The van der Waals surface area contributed by atoms with Crippen LogP contribution in [0.4, 0.5) is 5.82 Å². The second kappa shape index (κ2) is 5.32. The molecule has 0 atom stereocenters. The highest BCUT2D eigenvalue weighted by molar-refractivity contribution is 5.94. The molecule has 1 heterocycles. The van der Waals surface area contributed by atoms with Crippen molar-refractivity contribution in [3.05, 3.63) is 23.9 Å². The average molecular weight is 250 g/mol. The third-order valence-corrected chi connectivity index (χ3v) is 3.24. The molecule has 1 aliphatic rings. The third kappa shape index (κ3) is 2.77. The summed E-state index contributed by atoms with van der Waals surface area (Å²) >= 11 is 0. The van der Waals surface area contributed by atoms with Crippen LogP contribution < -0.4 is 11.3 Å². The molecule has 2 rings (SSSR count). The molecule has 1 fully saturated rings. The largest absolute Gasteiger partial charge is 0.393 e. The van der Waals surface area contributed by atoms with Gasteiger partial charge in [0.05, 0.1) is 6.10 Å². The van der Waals surface area contributed by atoms with Crippen molar-refractivity contribution in [3.63, 3.8) is 0 Å². The van der Waals surface area contributed by atoms with Crippen LogP contribution in [0.25, 0.3) is 0 Å².